The van der Waals surface area contributed by atoms with Gasteiger partial charge in [-0.3, -0.25) is 9.59 Å². The molecule has 0 saturated carbocycles. The van der Waals surface area contributed by atoms with Crippen molar-refractivity contribution in [2.24, 2.45) is 11.8 Å². The Morgan fingerprint density at radius 1 is 0.875 bits per heavy atom. The predicted molar refractivity (Wildman–Crippen MR) is 120 cm³/mol. The number of aliphatic hydroxyl groups is 1. The van der Waals surface area contributed by atoms with Crippen molar-refractivity contribution >= 4 is 17.5 Å². The summed E-state index contributed by atoms with van der Waals surface area (Å²) in [5, 5.41) is 11.3. The Balaban J connectivity index is 1.62. The SMILES string of the molecule is COc1ccc(N2C(=O)[C@@H]3C4c5ccccc5C([C@@H](C)O)(c5ccccc54)[C@@H]3C2=O)cc1. The highest BCUT2D eigenvalue weighted by atomic mass is 16.5. The van der Waals surface area contributed by atoms with E-state index in [0.717, 1.165) is 22.3 Å². The summed E-state index contributed by atoms with van der Waals surface area (Å²) in [5.74, 6) is -1.22. The van der Waals surface area contributed by atoms with Crippen LogP contribution >= 0.6 is 0 Å². The monoisotopic (exact) mass is 425 g/mol. The summed E-state index contributed by atoms with van der Waals surface area (Å²) in [6.45, 7) is 1.74. The number of carbonyl (C=O) groups excluding carboxylic acids is 2. The van der Waals surface area contributed by atoms with Crippen molar-refractivity contribution in [1.29, 1.82) is 0 Å². The maximum absolute atomic E-state index is 14.0. The van der Waals surface area contributed by atoms with Gasteiger partial charge in [0.25, 0.3) is 0 Å². The van der Waals surface area contributed by atoms with Gasteiger partial charge in [-0.15, -0.1) is 0 Å². The average Bonchev–Trinajstić information content (AvgIpc) is 3.09. The summed E-state index contributed by atoms with van der Waals surface area (Å²) >= 11 is 0. The van der Waals surface area contributed by atoms with E-state index in [2.05, 4.69) is 0 Å². The largest absolute Gasteiger partial charge is 0.497 e. The van der Waals surface area contributed by atoms with Crippen molar-refractivity contribution in [2.75, 3.05) is 12.0 Å². The topological polar surface area (TPSA) is 66.8 Å². The number of anilines is 1. The fourth-order valence-electron chi connectivity index (χ4n) is 6.53. The molecular weight excluding hydrogens is 402 g/mol. The van der Waals surface area contributed by atoms with Crippen molar-refractivity contribution in [2.45, 2.75) is 24.4 Å². The first kappa shape index (κ1) is 19.3. The number of hydrogen-bond donors (Lipinski definition) is 1. The number of rotatable bonds is 3. The first-order valence-corrected chi connectivity index (χ1v) is 10.9. The molecule has 3 atom stereocenters. The zero-order valence-electron chi connectivity index (χ0n) is 17.9. The van der Waals surface area contributed by atoms with Crippen LogP contribution in [0.2, 0.25) is 0 Å². The molecule has 5 heteroatoms. The first-order chi connectivity index (χ1) is 15.5. The van der Waals surface area contributed by atoms with Gasteiger partial charge in [0.05, 0.1) is 36.2 Å². The van der Waals surface area contributed by atoms with E-state index >= 15 is 0 Å². The lowest BCUT2D eigenvalue weighted by atomic mass is 9.46. The number of ether oxygens (including phenoxy) is 1. The summed E-state index contributed by atoms with van der Waals surface area (Å²) in [7, 11) is 1.58. The maximum atomic E-state index is 14.0. The van der Waals surface area contributed by atoms with Gasteiger partial charge in [0.2, 0.25) is 11.8 Å². The highest BCUT2D eigenvalue weighted by Gasteiger charge is 2.69. The lowest BCUT2D eigenvalue weighted by Crippen LogP contribution is -2.58. The van der Waals surface area contributed by atoms with Crippen LogP contribution in [0.3, 0.4) is 0 Å². The average molecular weight is 425 g/mol. The van der Waals surface area contributed by atoms with Gasteiger partial charge in [0, 0.05) is 5.92 Å². The second kappa shape index (κ2) is 6.53. The fraction of sp³-hybridized carbons (Fsp3) is 0.259. The van der Waals surface area contributed by atoms with Crippen LogP contribution in [0.4, 0.5) is 5.69 Å². The molecule has 0 aromatic heterocycles. The third kappa shape index (κ3) is 2.12. The third-order valence-corrected chi connectivity index (χ3v) is 7.67. The first-order valence-electron chi connectivity index (χ1n) is 10.9. The van der Waals surface area contributed by atoms with Gasteiger partial charge in [-0.25, -0.2) is 4.90 Å². The van der Waals surface area contributed by atoms with Crippen molar-refractivity contribution in [1.82, 2.24) is 0 Å². The van der Waals surface area contributed by atoms with Crippen molar-refractivity contribution in [3.05, 3.63) is 95.1 Å². The van der Waals surface area contributed by atoms with Crippen LogP contribution in [0.1, 0.15) is 35.1 Å². The summed E-state index contributed by atoms with van der Waals surface area (Å²) in [5.41, 5.74) is 3.54. The van der Waals surface area contributed by atoms with Crippen molar-refractivity contribution in [3.63, 3.8) is 0 Å². The van der Waals surface area contributed by atoms with E-state index in [-0.39, 0.29) is 17.7 Å². The molecule has 160 valence electrons. The molecule has 0 unspecified atom stereocenters. The van der Waals surface area contributed by atoms with Crippen LogP contribution in [-0.2, 0) is 15.0 Å². The molecule has 3 aromatic carbocycles. The Morgan fingerprint density at radius 2 is 1.44 bits per heavy atom. The molecule has 1 aliphatic heterocycles. The minimum absolute atomic E-state index is 0.204. The molecule has 3 aromatic rings. The van der Waals surface area contributed by atoms with E-state index in [1.165, 1.54) is 4.90 Å². The number of hydrogen-bond acceptors (Lipinski definition) is 4. The molecule has 2 bridgehead atoms. The Bertz CT molecular complexity index is 1220. The summed E-state index contributed by atoms with van der Waals surface area (Å²) < 4.78 is 5.23. The van der Waals surface area contributed by atoms with Crippen LogP contribution in [0, 0.1) is 11.8 Å². The minimum Gasteiger partial charge on any atom is -0.497 e. The zero-order chi connectivity index (χ0) is 22.2. The molecule has 0 spiro atoms. The number of methoxy groups -OCH3 is 1. The van der Waals surface area contributed by atoms with Gasteiger partial charge in [0.1, 0.15) is 5.75 Å². The third-order valence-electron chi connectivity index (χ3n) is 7.67. The fourth-order valence-corrected chi connectivity index (χ4v) is 6.53. The number of aliphatic hydroxyl groups excluding tert-OH is 1. The summed E-state index contributed by atoms with van der Waals surface area (Å²) in [4.78, 5) is 29.2. The maximum Gasteiger partial charge on any atom is 0.239 e. The minimum atomic E-state index is -0.972. The molecule has 7 rings (SSSR count). The summed E-state index contributed by atoms with van der Waals surface area (Å²) in [6, 6.07) is 22.9. The van der Waals surface area contributed by atoms with E-state index in [1.54, 1.807) is 38.3 Å². The Labute approximate surface area is 186 Å². The molecule has 1 saturated heterocycles. The van der Waals surface area contributed by atoms with Gasteiger partial charge in [-0.2, -0.15) is 0 Å². The molecular formula is C27H23NO4. The van der Waals surface area contributed by atoms with Crippen molar-refractivity contribution < 1.29 is 19.4 Å². The normalized spacial score (nSPS) is 28.2. The second-order valence-electron chi connectivity index (χ2n) is 8.91. The summed E-state index contributed by atoms with van der Waals surface area (Å²) in [6.07, 6.45) is -0.855. The molecule has 2 amide bonds. The second-order valence-corrected chi connectivity index (χ2v) is 8.91. The number of benzene rings is 3. The van der Waals surface area contributed by atoms with Crippen molar-refractivity contribution in [3.8, 4) is 5.75 Å². The molecule has 0 radical (unpaired) electrons. The smallest absolute Gasteiger partial charge is 0.239 e. The predicted octanol–water partition coefficient (Wildman–Crippen LogP) is 3.63. The van der Waals surface area contributed by atoms with Crippen LogP contribution in [0.5, 0.6) is 5.75 Å². The highest BCUT2D eigenvalue weighted by molar-refractivity contribution is 6.23. The van der Waals surface area contributed by atoms with Crippen LogP contribution < -0.4 is 9.64 Å². The van der Waals surface area contributed by atoms with E-state index < -0.39 is 23.4 Å². The molecule has 32 heavy (non-hydrogen) atoms. The molecule has 1 fully saturated rings. The van der Waals surface area contributed by atoms with Gasteiger partial charge < -0.3 is 9.84 Å². The molecule has 3 aliphatic carbocycles. The number of carbonyl (C=O) groups is 2. The Kier molecular flexibility index (Phi) is 3.93. The lowest BCUT2D eigenvalue weighted by Gasteiger charge is -2.55. The molecule has 1 heterocycles. The van der Waals surface area contributed by atoms with Crippen LogP contribution in [-0.4, -0.2) is 30.1 Å². The molecule has 1 N–H and O–H groups in total. The zero-order valence-corrected chi connectivity index (χ0v) is 17.9. The number of amides is 2. The Hall–Kier alpha value is -3.44. The standard InChI is InChI=1S/C27H23NO4/c1-15(29)27-20-9-5-3-7-18(20)22(19-8-4-6-10-21(19)27)23-24(27)26(31)28(25(23)30)16-11-13-17(32-2)14-12-16/h3-15,22-24,29H,1-2H3/t15-,22?,23-,24+,27?/m1/s1. The van der Waals surface area contributed by atoms with Crippen LogP contribution in [0.15, 0.2) is 72.8 Å². The highest BCUT2D eigenvalue weighted by Crippen LogP contribution is 2.65. The van der Waals surface area contributed by atoms with Gasteiger partial charge in [-0.05, 0) is 53.4 Å². The van der Waals surface area contributed by atoms with Gasteiger partial charge in [0.15, 0.2) is 0 Å². The van der Waals surface area contributed by atoms with Crippen LogP contribution in [0.25, 0.3) is 0 Å². The quantitative estimate of drug-likeness (QED) is 0.651. The molecule has 4 aliphatic rings. The van der Waals surface area contributed by atoms with E-state index in [9.17, 15) is 14.7 Å². The van der Waals surface area contributed by atoms with E-state index in [0.29, 0.717) is 11.4 Å². The molecule has 5 nitrogen and oxygen atoms in total. The van der Waals surface area contributed by atoms with E-state index in [1.807, 2.05) is 48.5 Å². The van der Waals surface area contributed by atoms with Gasteiger partial charge in [-0.1, -0.05) is 48.5 Å². The lowest BCUT2D eigenvalue weighted by molar-refractivity contribution is -0.126. The number of imide groups is 1. The number of nitrogens with zero attached hydrogens (tertiary/aromatic N) is 1. The van der Waals surface area contributed by atoms with Gasteiger partial charge >= 0.3 is 0 Å². The Morgan fingerprint density at radius 3 is 1.97 bits per heavy atom. The van der Waals surface area contributed by atoms with E-state index in [4.69, 9.17) is 4.74 Å².